The van der Waals surface area contributed by atoms with Crippen LogP contribution >= 0.6 is 0 Å². The van der Waals surface area contributed by atoms with Crippen LogP contribution in [-0.2, 0) is 0 Å². The van der Waals surface area contributed by atoms with E-state index in [1.165, 1.54) is 16.8 Å². The van der Waals surface area contributed by atoms with Gasteiger partial charge in [-0.3, -0.25) is 0 Å². The Kier molecular flexibility index (Phi) is 12.2. The zero-order valence-corrected chi connectivity index (χ0v) is 35.8. The summed E-state index contributed by atoms with van der Waals surface area (Å²) in [4.78, 5) is 17.2. The molecule has 0 heterocycles. The minimum Gasteiger partial charge on any atom is -0.394 e. The van der Waals surface area contributed by atoms with E-state index < -0.39 is 0 Å². The first kappa shape index (κ1) is 40.9. The van der Waals surface area contributed by atoms with Gasteiger partial charge in [-0.15, -0.1) is 0 Å². The zero-order valence-electron chi connectivity index (χ0n) is 35.8. The van der Waals surface area contributed by atoms with Gasteiger partial charge in [0.1, 0.15) is 11.0 Å². The minimum absolute atomic E-state index is 0.441. The van der Waals surface area contributed by atoms with Gasteiger partial charge in [-0.05, 0) is 183 Å². The van der Waals surface area contributed by atoms with Crippen molar-refractivity contribution in [1.82, 2.24) is 0 Å². The number of anilines is 11. The molecule has 0 unspecified atom stereocenters. The third-order valence-electron chi connectivity index (χ3n) is 11.1. The number of allylic oxidation sites excluding steroid dienone is 3. The number of hydrogen-bond acceptors (Lipinski definition) is 6. The van der Waals surface area contributed by atoms with E-state index in [0.29, 0.717) is 5.75 Å². The maximum Gasteiger partial charge on any atom is 0.139 e. The van der Waals surface area contributed by atoms with E-state index in [1.807, 2.05) is 36.4 Å². The van der Waals surface area contributed by atoms with Crippen molar-refractivity contribution in [3.63, 3.8) is 0 Å². The average Bonchev–Trinajstić information content (AvgIpc) is 3.34. The Labute approximate surface area is 375 Å². The molecule has 0 aliphatic heterocycles. The fraction of sp³-hybridized carbons (Fsp3) is 0.0714. The molecule has 1 aliphatic rings. The van der Waals surface area contributed by atoms with Crippen LogP contribution in [0.1, 0.15) is 24.0 Å². The lowest BCUT2D eigenvalue weighted by molar-refractivity contribution is 0.333. The van der Waals surface area contributed by atoms with Gasteiger partial charge < -0.3 is 24.4 Å². The van der Waals surface area contributed by atoms with Crippen molar-refractivity contribution in [2.45, 2.75) is 26.7 Å². The number of hydrogen-bond donors (Lipinski definition) is 0. The lowest BCUT2D eigenvalue weighted by Gasteiger charge is -2.31. The zero-order chi connectivity index (χ0) is 43.7. The third kappa shape index (κ3) is 9.09. The van der Waals surface area contributed by atoms with Crippen molar-refractivity contribution in [3.05, 3.63) is 252 Å². The first-order valence-corrected chi connectivity index (χ1v) is 21.4. The van der Waals surface area contributed by atoms with E-state index in [9.17, 15) is 0 Å². The highest BCUT2D eigenvalue weighted by Gasteiger charge is 2.20. The highest BCUT2D eigenvalue weighted by Crippen LogP contribution is 2.43. The molecular weight excluding hydrogens is 787 g/mol. The summed E-state index contributed by atoms with van der Waals surface area (Å²) in [6.45, 7) is 4.27. The molecular formula is C56H47N7O. The van der Waals surface area contributed by atoms with Gasteiger partial charge in [-0.1, -0.05) is 78.9 Å². The Morgan fingerprint density at radius 1 is 0.406 bits per heavy atom. The van der Waals surface area contributed by atoms with Gasteiger partial charge in [0.2, 0.25) is 0 Å². The van der Waals surface area contributed by atoms with E-state index in [-0.39, 0.29) is 0 Å². The largest absolute Gasteiger partial charge is 0.394 e. The first-order valence-electron chi connectivity index (χ1n) is 21.4. The number of rotatable bonds is 14. The predicted molar refractivity (Wildman–Crippen MR) is 265 cm³/mol. The fourth-order valence-electron chi connectivity index (χ4n) is 8.24. The maximum absolute atomic E-state index is 8.90. The van der Waals surface area contributed by atoms with Crippen molar-refractivity contribution in [1.29, 1.82) is 0 Å². The van der Waals surface area contributed by atoms with E-state index in [2.05, 4.69) is 226 Å². The van der Waals surface area contributed by atoms with E-state index in [4.69, 9.17) is 10.4 Å². The summed E-state index contributed by atoms with van der Waals surface area (Å²) in [7, 11) is 0. The summed E-state index contributed by atoms with van der Waals surface area (Å²) in [6, 6.07) is 71.7. The Balaban J connectivity index is 1.13. The molecule has 8 nitrogen and oxygen atoms in total. The van der Waals surface area contributed by atoms with Crippen molar-refractivity contribution >= 4 is 62.6 Å². The van der Waals surface area contributed by atoms with Crippen LogP contribution in [0, 0.1) is 13.8 Å². The number of aryl methyl sites for hydroxylation is 2. The lowest BCUT2D eigenvalue weighted by Crippen LogP contribution is -2.17. The monoisotopic (exact) mass is 833 g/mol. The van der Waals surface area contributed by atoms with Gasteiger partial charge in [0, 0.05) is 79.2 Å². The van der Waals surface area contributed by atoms with Crippen molar-refractivity contribution in [2.24, 2.45) is 5.28 Å². The van der Waals surface area contributed by atoms with Crippen LogP contribution in [-0.4, -0.2) is 0 Å². The Morgan fingerprint density at radius 3 is 1.20 bits per heavy atom. The molecule has 0 saturated heterocycles. The molecule has 64 heavy (non-hydrogen) atoms. The van der Waals surface area contributed by atoms with E-state index in [1.54, 1.807) is 6.07 Å². The number of benzene rings is 8. The normalized spacial score (nSPS) is 11.8. The highest BCUT2D eigenvalue weighted by atomic mass is 16.6. The second kappa shape index (κ2) is 19.1. The molecule has 0 aromatic heterocycles. The van der Waals surface area contributed by atoms with Gasteiger partial charge in [0.05, 0.1) is 0 Å². The highest BCUT2D eigenvalue weighted by molar-refractivity contribution is 5.84. The second-order valence-corrected chi connectivity index (χ2v) is 15.6. The van der Waals surface area contributed by atoms with Gasteiger partial charge in [0.15, 0.2) is 0 Å². The molecule has 8 aromatic carbocycles. The van der Waals surface area contributed by atoms with Crippen LogP contribution < -0.4 is 24.4 Å². The summed E-state index contributed by atoms with van der Waals surface area (Å²) in [5.41, 5.74) is 23.7. The molecule has 0 N–H and O–H groups in total. The van der Waals surface area contributed by atoms with Crippen molar-refractivity contribution in [2.75, 3.05) is 19.6 Å². The maximum atomic E-state index is 8.90. The second-order valence-electron chi connectivity index (χ2n) is 15.6. The molecule has 0 fully saturated rings. The molecule has 9 rings (SSSR count). The van der Waals surface area contributed by atoms with Gasteiger partial charge in [0.25, 0.3) is 0 Å². The molecule has 0 radical (unpaired) electrons. The molecule has 0 bridgehead atoms. The quantitative estimate of drug-likeness (QED) is 0.0472. The fourth-order valence-corrected chi connectivity index (χ4v) is 8.24. The van der Waals surface area contributed by atoms with E-state index >= 15 is 0 Å². The molecule has 0 spiro atoms. The third-order valence-corrected chi connectivity index (χ3v) is 11.1. The van der Waals surface area contributed by atoms with Gasteiger partial charge in [-0.25, -0.2) is 0 Å². The van der Waals surface area contributed by atoms with Crippen LogP contribution in [0.15, 0.2) is 235 Å². The van der Waals surface area contributed by atoms with Crippen LogP contribution in [0.3, 0.4) is 0 Å². The SMILES string of the molecule is Cc1cccc(N(C2=CCCC=C2)c2ccc(N(c3ccc(N(c4ccccc4)c4cccc(C)c4)cc3)c3ccc(N(c4ccccc4)c4cccc(ON=[N+]=[N-])c4)cc3)cc2)c1. The number of para-hydroxylation sites is 2. The molecule has 1 aliphatic carbocycles. The summed E-state index contributed by atoms with van der Waals surface area (Å²) in [5.74, 6) is 0.441. The van der Waals surface area contributed by atoms with Crippen molar-refractivity contribution < 1.29 is 4.84 Å². The summed E-state index contributed by atoms with van der Waals surface area (Å²) in [5, 5.41) is 3.33. The van der Waals surface area contributed by atoms with Gasteiger partial charge in [-0.2, -0.15) is 0 Å². The minimum atomic E-state index is 0.441. The Hall–Kier alpha value is -8.45. The van der Waals surface area contributed by atoms with Crippen LogP contribution in [0.25, 0.3) is 10.4 Å². The summed E-state index contributed by atoms with van der Waals surface area (Å²) < 4.78 is 0. The van der Waals surface area contributed by atoms with Gasteiger partial charge >= 0.3 is 0 Å². The lowest BCUT2D eigenvalue weighted by atomic mass is 10.1. The number of nitrogens with zero attached hydrogens (tertiary/aromatic N) is 7. The molecule has 0 amide bonds. The van der Waals surface area contributed by atoms with Crippen LogP contribution in [0.5, 0.6) is 5.75 Å². The first-order chi connectivity index (χ1) is 31.5. The number of azide groups is 1. The Morgan fingerprint density at radius 2 is 0.781 bits per heavy atom. The average molecular weight is 834 g/mol. The predicted octanol–water partition coefficient (Wildman–Crippen LogP) is 16.7. The molecule has 8 aromatic rings. The van der Waals surface area contributed by atoms with Crippen LogP contribution in [0.4, 0.5) is 62.6 Å². The summed E-state index contributed by atoms with van der Waals surface area (Å²) >= 11 is 0. The van der Waals surface area contributed by atoms with E-state index in [0.717, 1.165) is 75.4 Å². The summed E-state index contributed by atoms with van der Waals surface area (Å²) in [6.07, 6.45) is 8.86. The molecule has 8 heteroatoms. The van der Waals surface area contributed by atoms with Crippen molar-refractivity contribution in [3.8, 4) is 5.75 Å². The smallest absolute Gasteiger partial charge is 0.139 e. The topological polar surface area (TPSA) is 71.0 Å². The van der Waals surface area contributed by atoms with Crippen LogP contribution in [0.2, 0.25) is 0 Å². The standard InChI is InChI=1S/C56H47N7O/c1-42-15-12-23-53(39-42)61(44-17-6-3-7-18-44)50-33-27-47(28-34-50)60(48-29-35-51(36-30-48)62(45-19-8-4-9-20-45)54-24-13-16-43(2)40-54)49-31-37-52(38-32-49)63(46-21-10-5-11-22-46)55-25-14-26-56(41-55)64-59-58-57/h3,5-8,10-41H,4,9H2,1-2H3. The molecule has 312 valence electrons. The molecule has 0 saturated carbocycles. The Bertz CT molecular complexity index is 2940. The molecule has 0 atom stereocenters.